The smallest absolute Gasteiger partial charge is 0.325 e. The maximum absolute atomic E-state index is 12.1. The molecule has 0 spiro atoms. The largest absolute Gasteiger partial charge is 0.465 e. The molecular formula is C15H17N3O3. The molecule has 1 heterocycles. The van der Waals surface area contributed by atoms with Crippen LogP contribution in [0.5, 0.6) is 0 Å². The first kappa shape index (κ1) is 14.9. The van der Waals surface area contributed by atoms with E-state index < -0.39 is 0 Å². The van der Waals surface area contributed by atoms with Gasteiger partial charge in [-0.25, -0.2) is 0 Å². The molecule has 0 atom stereocenters. The molecule has 1 fully saturated rings. The van der Waals surface area contributed by atoms with Crippen molar-refractivity contribution in [2.24, 2.45) is 0 Å². The number of ether oxygens (including phenoxy) is 1. The molecule has 0 aliphatic carbocycles. The lowest BCUT2D eigenvalue weighted by Crippen LogP contribution is -2.52. The fourth-order valence-corrected chi connectivity index (χ4v) is 2.21. The molecule has 0 saturated carbocycles. The van der Waals surface area contributed by atoms with E-state index in [4.69, 9.17) is 10.00 Å². The van der Waals surface area contributed by atoms with Crippen molar-refractivity contribution in [1.82, 2.24) is 4.90 Å². The van der Waals surface area contributed by atoms with E-state index in [-0.39, 0.29) is 25.0 Å². The summed E-state index contributed by atoms with van der Waals surface area (Å²) in [6, 6.07) is 9.17. The number of carbonyl (C=O) groups is 2. The van der Waals surface area contributed by atoms with Crippen LogP contribution in [0.1, 0.15) is 12.5 Å². The number of amides is 1. The monoisotopic (exact) mass is 287 g/mol. The van der Waals surface area contributed by atoms with Crippen LogP contribution in [0.15, 0.2) is 24.3 Å². The molecule has 2 rings (SSSR count). The van der Waals surface area contributed by atoms with Crippen LogP contribution >= 0.6 is 0 Å². The van der Waals surface area contributed by atoms with Crippen molar-refractivity contribution in [3.63, 3.8) is 0 Å². The number of anilines is 1. The second-order valence-corrected chi connectivity index (χ2v) is 4.70. The molecule has 1 aliphatic heterocycles. The molecule has 0 radical (unpaired) electrons. The van der Waals surface area contributed by atoms with Crippen LogP contribution in [0.2, 0.25) is 0 Å². The first-order chi connectivity index (χ1) is 10.1. The Bertz CT molecular complexity index is 563. The molecule has 6 nitrogen and oxygen atoms in total. The van der Waals surface area contributed by atoms with Crippen molar-refractivity contribution in [2.75, 3.05) is 37.7 Å². The zero-order valence-electron chi connectivity index (χ0n) is 11.9. The van der Waals surface area contributed by atoms with Gasteiger partial charge in [-0.05, 0) is 31.2 Å². The van der Waals surface area contributed by atoms with Crippen LogP contribution < -0.4 is 4.90 Å². The molecule has 1 aromatic carbocycles. The Morgan fingerprint density at radius 1 is 1.33 bits per heavy atom. The second kappa shape index (κ2) is 6.75. The lowest BCUT2D eigenvalue weighted by atomic mass is 10.2. The molecule has 110 valence electrons. The average Bonchev–Trinajstić information content (AvgIpc) is 2.50. The summed E-state index contributed by atoms with van der Waals surface area (Å²) in [5, 5.41) is 8.78. The minimum absolute atomic E-state index is 0.00782. The van der Waals surface area contributed by atoms with Crippen LogP contribution in [0.3, 0.4) is 0 Å². The first-order valence-corrected chi connectivity index (χ1v) is 6.82. The number of nitriles is 1. The normalized spacial score (nSPS) is 14.8. The number of hydrogen-bond acceptors (Lipinski definition) is 5. The van der Waals surface area contributed by atoms with Gasteiger partial charge in [-0.3, -0.25) is 9.59 Å². The predicted octanol–water partition coefficient (Wildman–Crippen LogP) is 0.770. The van der Waals surface area contributed by atoms with Gasteiger partial charge < -0.3 is 14.5 Å². The van der Waals surface area contributed by atoms with Crippen LogP contribution in [0.25, 0.3) is 0 Å². The molecular weight excluding hydrogens is 270 g/mol. The first-order valence-electron chi connectivity index (χ1n) is 6.82. The minimum atomic E-state index is -0.377. The van der Waals surface area contributed by atoms with Crippen molar-refractivity contribution in [3.05, 3.63) is 29.8 Å². The zero-order chi connectivity index (χ0) is 15.2. The Morgan fingerprint density at radius 2 is 2.05 bits per heavy atom. The van der Waals surface area contributed by atoms with Gasteiger partial charge in [0.25, 0.3) is 0 Å². The van der Waals surface area contributed by atoms with Gasteiger partial charge in [0.2, 0.25) is 5.91 Å². The summed E-state index contributed by atoms with van der Waals surface area (Å²) < 4.78 is 4.85. The van der Waals surface area contributed by atoms with E-state index in [1.807, 2.05) is 17.0 Å². The molecule has 0 aromatic heterocycles. The summed E-state index contributed by atoms with van der Waals surface area (Å²) in [5.74, 6) is -0.476. The van der Waals surface area contributed by atoms with E-state index in [0.717, 1.165) is 5.69 Å². The highest BCUT2D eigenvalue weighted by Crippen LogP contribution is 2.17. The molecule has 0 bridgehead atoms. The molecule has 1 saturated heterocycles. The van der Waals surface area contributed by atoms with E-state index >= 15 is 0 Å². The highest BCUT2D eigenvalue weighted by Gasteiger charge is 2.25. The lowest BCUT2D eigenvalue weighted by molar-refractivity contribution is -0.149. The maximum atomic E-state index is 12.1. The van der Waals surface area contributed by atoms with Crippen molar-refractivity contribution < 1.29 is 14.3 Å². The van der Waals surface area contributed by atoms with Gasteiger partial charge in [0.15, 0.2) is 0 Å². The zero-order valence-corrected chi connectivity index (χ0v) is 11.9. The Labute approximate surface area is 123 Å². The quantitative estimate of drug-likeness (QED) is 0.765. The van der Waals surface area contributed by atoms with Gasteiger partial charge in [0, 0.05) is 18.8 Å². The molecule has 6 heteroatoms. The van der Waals surface area contributed by atoms with Crippen molar-refractivity contribution in [2.45, 2.75) is 6.92 Å². The minimum Gasteiger partial charge on any atom is -0.465 e. The van der Waals surface area contributed by atoms with E-state index in [9.17, 15) is 9.59 Å². The van der Waals surface area contributed by atoms with Gasteiger partial charge in [-0.1, -0.05) is 0 Å². The third-order valence-electron chi connectivity index (χ3n) is 3.31. The van der Waals surface area contributed by atoms with Crippen LogP contribution in [-0.2, 0) is 14.3 Å². The summed E-state index contributed by atoms with van der Waals surface area (Å²) in [5.41, 5.74) is 1.49. The van der Waals surface area contributed by atoms with Gasteiger partial charge in [-0.15, -0.1) is 0 Å². The third kappa shape index (κ3) is 3.72. The van der Waals surface area contributed by atoms with Crippen LogP contribution in [-0.4, -0.2) is 49.6 Å². The lowest BCUT2D eigenvalue weighted by Gasteiger charge is -2.35. The maximum Gasteiger partial charge on any atom is 0.325 e. The standard InChI is InChI=1S/C15H17N3O3/c1-2-21-15(20)11-18-8-7-17(10-14(18)19)13-5-3-12(9-16)4-6-13/h3-6H,2,7-8,10-11H2,1H3. The summed E-state index contributed by atoms with van der Waals surface area (Å²) in [4.78, 5) is 26.9. The second-order valence-electron chi connectivity index (χ2n) is 4.70. The fourth-order valence-electron chi connectivity index (χ4n) is 2.21. The highest BCUT2D eigenvalue weighted by molar-refractivity contribution is 5.86. The van der Waals surface area contributed by atoms with Gasteiger partial charge in [0.1, 0.15) is 6.54 Å². The molecule has 1 aliphatic rings. The number of carbonyl (C=O) groups excluding carboxylic acids is 2. The molecule has 21 heavy (non-hydrogen) atoms. The van der Waals surface area contributed by atoms with Gasteiger partial charge in [-0.2, -0.15) is 5.26 Å². The third-order valence-corrected chi connectivity index (χ3v) is 3.31. The number of piperazine rings is 1. The Kier molecular flexibility index (Phi) is 4.77. The van der Waals surface area contributed by atoms with Gasteiger partial charge in [0.05, 0.1) is 24.8 Å². The molecule has 1 amide bonds. The fraction of sp³-hybridized carbons (Fsp3) is 0.400. The Balaban J connectivity index is 1.95. The average molecular weight is 287 g/mol. The van der Waals surface area contributed by atoms with Crippen molar-refractivity contribution in [1.29, 1.82) is 5.26 Å². The summed E-state index contributed by atoms with van der Waals surface area (Å²) in [7, 11) is 0. The molecule has 1 aromatic rings. The summed E-state index contributed by atoms with van der Waals surface area (Å²) in [6.45, 7) is 3.43. The Morgan fingerprint density at radius 3 is 2.62 bits per heavy atom. The van der Waals surface area contributed by atoms with Gasteiger partial charge >= 0.3 is 5.97 Å². The van der Waals surface area contributed by atoms with E-state index in [1.165, 1.54) is 4.90 Å². The molecule has 0 unspecified atom stereocenters. The van der Waals surface area contributed by atoms with E-state index in [1.54, 1.807) is 19.1 Å². The number of benzene rings is 1. The summed E-state index contributed by atoms with van der Waals surface area (Å²) in [6.07, 6.45) is 0. The van der Waals surface area contributed by atoms with Crippen molar-refractivity contribution in [3.8, 4) is 6.07 Å². The number of esters is 1. The van der Waals surface area contributed by atoms with E-state index in [0.29, 0.717) is 25.3 Å². The number of nitrogens with zero attached hydrogens (tertiary/aromatic N) is 3. The van der Waals surface area contributed by atoms with E-state index in [2.05, 4.69) is 6.07 Å². The predicted molar refractivity (Wildman–Crippen MR) is 76.6 cm³/mol. The van der Waals surface area contributed by atoms with Crippen LogP contribution in [0, 0.1) is 11.3 Å². The molecule has 0 N–H and O–H groups in total. The van der Waals surface area contributed by atoms with Crippen LogP contribution in [0.4, 0.5) is 5.69 Å². The SMILES string of the molecule is CCOC(=O)CN1CCN(c2ccc(C#N)cc2)CC1=O. The number of hydrogen-bond donors (Lipinski definition) is 0. The number of rotatable bonds is 4. The highest BCUT2D eigenvalue weighted by atomic mass is 16.5. The Hall–Kier alpha value is -2.55. The topological polar surface area (TPSA) is 73.6 Å². The van der Waals surface area contributed by atoms with Crippen molar-refractivity contribution >= 4 is 17.6 Å². The summed E-state index contributed by atoms with van der Waals surface area (Å²) >= 11 is 0.